The van der Waals surface area contributed by atoms with Crippen LogP contribution in [0.25, 0.3) is 32.4 Å². The first-order valence-electron chi connectivity index (χ1n) is 10.9. The van der Waals surface area contributed by atoms with Crippen molar-refractivity contribution >= 4 is 33.1 Å². The summed E-state index contributed by atoms with van der Waals surface area (Å²) in [6.07, 6.45) is 2.22. The number of halogens is 1. The molecule has 0 fully saturated rings. The number of hydrogen-bond donors (Lipinski definition) is 1. The highest BCUT2D eigenvalue weighted by molar-refractivity contribution is 7.22. The molecule has 176 valence electrons. The van der Waals surface area contributed by atoms with Gasteiger partial charge in [-0.3, -0.25) is 14.2 Å². The second-order valence-corrected chi connectivity index (χ2v) is 8.95. The summed E-state index contributed by atoms with van der Waals surface area (Å²) in [5.41, 5.74) is 2.70. The number of hydrogen-bond acceptors (Lipinski definition) is 7. The number of aryl methyl sites for hydroxylation is 2. The Kier molecular flexibility index (Phi) is 5.96. The van der Waals surface area contributed by atoms with Gasteiger partial charge in [0.15, 0.2) is 0 Å². The molecule has 3 aromatic heterocycles. The van der Waals surface area contributed by atoms with E-state index in [9.17, 15) is 14.0 Å². The molecule has 0 saturated carbocycles. The van der Waals surface area contributed by atoms with Gasteiger partial charge in [0.2, 0.25) is 11.7 Å². The number of aromatic nitrogens is 4. The number of nitrogens with one attached hydrogen (secondary N) is 1. The van der Waals surface area contributed by atoms with Crippen LogP contribution in [0.2, 0.25) is 0 Å². The van der Waals surface area contributed by atoms with E-state index in [1.807, 2.05) is 25.1 Å². The topological polar surface area (TPSA) is 103 Å². The lowest BCUT2D eigenvalue weighted by Crippen LogP contribution is -2.27. The summed E-state index contributed by atoms with van der Waals surface area (Å²) in [5.74, 6) is -0.130. The van der Waals surface area contributed by atoms with Gasteiger partial charge in [0.25, 0.3) is 11.4 Å². The molecule has 0 bridgehead atoms. The minimum Gasteiger partial charge on any atom is -0.333 e. The molecule has 10 heteroatoms. The van der Waals surface area contributed by atoms with E-state index in [0.29, 0.717) is 37.7 Å². The first-order valence-corrected chi connectivity index (χ1v) is 11.7. The van der Waals surface area contributed by atoms with Crippen LogP contribution in [-0.4, -0.2) is 25.6 Å². The van der Waals surface area contributed by atoms with E-state index in [4.69, 9.17) is 4.52 Å². The SMILES string of the molecule is CCc1cccc(NC(=O)Cn2cnc3sc(-c4nc(-c5ccc(F)cc5)no4)c(C)c3c2=O)c1. The minimum atomic E-state index is -0.358. The molecule has 0 saturated heterocycles. The van der Waals surface area contributed by atoms with Crippen molar-refractivity contribution in [1.82, 2.24) is 19.7 Å². The smallest absolute Gasteiger partial charge is 0.268 e. The Hall–Kier alpha value is -4.18. The van der Waals surface area contributed by atoms with Crippen LogP contribution in [0.4, 0.5) is 10.1 Å². The van der Waals surface area contributed by atoms with Crippen LogP contribution >= 0.6 is 11.3 Å². The number of nitrogens with zero attached hydrogens (tertiary/aromatic N) is 4. The highest BCUT2D eigenvalue weighted by Gasteiger charge is 2.21. The Bertz CT molecular complexity index is 1600. The van der Waals surface area contributed by atoms with Crippen LogP contribution in [0, 0.1) is 12.7 Å². The molecule has 1 amide bonds. The van der Waals surface area contributed by atoms with E-state index in [-0.39, 0.29) is 29.7 Å². The lowest BCUT2D eigenvalue weighted by Gasteiger charge is -2.08. The summed E-state index contributed by atoms with van der Waals surface area (Å²) < 4.78 is 19.9. The molecule has 3 heterocycles. The van der Waals surface area contributed by atoms with Crippen LogP contribution in [0.5, 0.6) is 0 Å². The first kappa shape index (κ1) is 22.6. The molecule has 8 nitrogen and oxygen atoms in total. The second kappa shape index (κ2) is 9.22. The summed E-state index contributed by atoms with van der Waals surface area (Å²) in [4.78, 5) is 35.7. The highest BCUT2D eigenvalue weighted by atomic mass is 32.1. The number of carbonyl (C=O) groups is 1. The third kappa shape index (κ3) is 4.47. The average molecular weight is 490 g/mol. The molecule has 0 aliphatic heterocycles. The van der Waals surface area contributed by atoms with E-state index in [0.717, 1.165) is 12.0 Å². The number of amides is 1. The van der Waals surface area contributed by atoms with Crippen LogP contribution in [0.15, 0.2) is 64.2 Å². The summed E-state index contributed by atoms with van der Waals surface area (Å²) in [7, 11) is 0. The van der Waals surface area contributed by atoms with Crippen molar-refractivity contribution < 1.29 is 13.7 Å². The zero-order valence-electron chi connectivity index (χ0n) is 18.9. The number of fused-ring (bicyclic) bond motifs is 1. The number of thiophene rings is 1. The molecule has 0 atom stereocenters. The van der Waals surface area contributed by atoms with Gasteiger partial charge in [0.1, 0.15) is 17.2 Å². The monoisotopic (exact) mass is 489 g/mol. The third-order valence-electron chi connectivity index (χ3n) is 5.57. The molecule has 5 aromatic rings. The Morgan fingerprint density at radius 2 is 2.00 bits per heavy atom. The number of anilines is 1. The quantitative estimate of drug-likeness (QED) is 0.367. The average Bonchev–Trinajstić information content (AvgIpc) is 3.46. The van der Waals surface area contributed by atoms with E-state index in [1.54, 1.807) is 25.1 Å². The van der Waals surface area contributed by atoms with Gasteiger partial charge in [-0.1, -0.05) is 24.2 Å². The Balaban J connectivity index is 1.42. The van der Waals surface area contributed by atoms with Crippen LogP contribution < -0.4 is 10.9 Å². The van der Waals surface area contributed by atoms with Crippen molar-refractivity contribution in [2.24, 2.45) is 0 Å². The predicted octanol–water partition coefficient (Wildman–Crippen LogP) is 4.82. The summed E-state index contributed by atoms with van der Waals surface area (Å²) in [5, 5.41) is 7.20. The lowest BCUT2D eigenvalue weighted by atomic mass is 10.1. The minimum absolute atomic E-state index is 0.169. The molecule has 0 aliphatic rings. The molecule has 0 radical (unpaired) electrons. The number of rotatable bonds is 6. The lowest BCUT2D eigenvalue weighted by molar-refractivity contribution is -0.116. The molecular formula is C25H20FN5O3S. The highest BCUT2D eigenvalue weighted by Crippen LogP contribution is 2.35. The van der Waals surface area contributed by atoms with E-state index >= 15 is 0 Å². The van der Waals surface area contributed by atoms with Gasteiger partial charge in [-0.2, -0.15) is 4.98 Å². The molecule has 1 N–H and O–H groups in total. The summed E-state index contributed by atoms with van der Waals surface area (Å²) in [6.45, 7) is 3.65. The third-order valence-corrected chi connectivity index (χ3v) is 6.76. The number of carbonyl (C=O) groups excluding carboxylic acids is 1. The van der Waals surface area contributed by atoms with Crippen LogP contribution in [0.3, 0.4) is 0 Å². The summed E-state index contributed by atoms with van der Waals surface area (Å²) >= 11 is 1.26. The van der Waals surface area contributed by atoms with E-state index in [2.05, 4.69) is 20.4 Å². The van der Waals surface area contributed by atoms with Crippen molar-refractivity contribution in [2.45, 2.75) is 26.8 Å². The van der Waals surface area contributed by atoms with Crippen LogP contribution in [0.1, 0.15) is 18.1 Å². The van der Waals surface area contributed by atoms with Crippen molar-refractivity contribution in [3.63, 3.8) is 0 Å². The van der Waals surface area contributed by atoms with Gasteiger partial charge in [-0.25, -0.2) is 9.37 Å². The van der Waals surface area contributed by atoms with E-state index < -0.39 is 0 Å². The molecule has 5 rings (SSSR count). The molecule has 2 aromatic carbocycles. The molecule has 0 aliphatic carbocycles. The van der Waals surface area contributed by atoms with Crippen molar-refractivity contribution in [3.8, 4) is 22.2 Å². The molecular weight excluding hydrogens is 469 g/mol. The van der Waals surface area contributed by atoms with Gasteiger partial charge in [0, 0.05) is 11.3 Å². The van der Waals surface area contributed by atoms with Crippen molar-refractivity contribution in [1.29, 1.82) is 0 Å². The first-order chi connectivity index (χ1) is 16.9. The van der Waals surface area contributed by atoms with Crippen molar-refractivity contribution in [3.05, 3.63) is 82.2 Å². The summed E-state index contributed by atoms with van der Waals surface area (Å²) in [6, 6.07) is 13.3. The Labute approximate surface area is 203 Å². The molecule has 0 unspecified atom stereocenters. The standard InChI is InChI=1S/C25H20FN5O3S/c1-3-15-5-4-6-18(11-15)28-19(32)12-31-13-27-24-20(25(31)33)14(2)21(35-24)23-29-22(30-34-23)16-7-9-17(26)10-8-16/h4-11,13H,3,12H2,1-2H3,(H,28,32). The fourth-order valence-corrected chi connectivity index (χ4v) is 4.79. The van der Waals surface area contributed by atoms with Crippen LogP contribution in [-0.2, 0) is 17.8 Å². The molecule has 0 spiro atoms. The van der Waals surface area contributed by atoms with Gasteiger partial charge in [-0.05, 0) is 60.9 Å². The maximum atomic E-state index is 13.2. The fourth-order valence-electron chi connectivity index (χ4n) is 3.73. The second-order valence-electron chi connectivity index (χ2n) is 7.95. The maximum Gasteiger partial charge on any atom is 0.268 e. The predicted molar refractivity (Wildman–Crippen MR) is 132 cm³/mol. The maximum absolute atomic E-state index is 13.2. The Morgan fingerprint density at radius 3 is 2.77 bits per heavy atom. The fraction of sp³-hybridized carbons (Fsp3) is 0.160. The van der Waals surface area contributed by atoms with E-state index in [1.165, 1.54) is 34.4 Å². The van der Waals surface area contributed by atoms with Gasteiger partial charge in [-0.15, -0.1) is 11.3 Å². The largest absolute Gasteiger partial charge is 0.333 e. The zero-order valence-corrected chi connectivity index (χ0v) is 19.7. The van der Waals surface area contributed by atoms with Gasteiger partial charge < -0.3 is 9.84 Å². The number of benzene rings is 2. The zero-order chi connectivity index (χ0) is 24.5. The normalized spacial score (nSPS) is 11.2. The van der Waals surface area contributed by atoms with Gasteiger partial charge >= 0.3 is 0 Å². The Morgan fingerprint density at radius 1 is 1.20 bits per heavy atom. The van der Waals surface area contributed by atoms with Gasteiger partial charge in [0.05, 0.1) is 16.6 Å². The molecule has 35 heavy (non-hydrogen) atoms. The van der Waals surface area contributed by atoms with Crippen molar-refractivity contribution in [2.75, 3.05) is 5.32 Å².